The van der Waals surface area contributed by atoms with Gasteiger partial charge in [-0.25, -0.2) is 0 Å². The molecule has 0 radical (unpaired) electrons. The predicted molar refractivity (Wildman–Crippen MR) is 111 cm³/mol. The first-order valence-electron chi connectivity index (χ1n) is 9.31. The van der Waals surface area contributed by atoms with E-state index in [1.165, 1.54) is 17.3 Å². The topological polar surface area (TPSA) is 103 Å². The van der Waals surface area contributed by atoms with Gasteiger partial charge in [0.1, 0.15) is 18.3 Å². The zero-order valence-corrected chi connectivity index (χ0v) is 17.7. The first kappa shape index (κ1) is 22.0. The second kappa shape index (κ2) is 9.43. The van der Waals surface area contributed by atoms with Gasteiger partial charge >= 0.3 is 0 Å². The summed E-state index contributed by atoms with van der Waals surface area (Å²) < 4.78 is 42.2. The van der Waals surface area contributed by atoms with Crippen molar-refractivity contribution in [2.24, 2.45) is 10.2 Å². The molecule has 30 heavy (non-hydrogen) atoms. The van der Waals surface area contributed by atoms with Crippen LogP contribution in [-0.2, 0) is 29.6 Å². The Kier molecular flexibility index (Phi) is 6.93. The van der Waals surface area contributed by atoms with Gasteiger partial charge in [0.25, 0.3) is 10.1 Å². The third-order valence-electron chi connectivity index (χ3n) is 4.39. The molecule has 10 heteroatoms. The van der Waals surface area contributed by atoms with Crippen LogP contribution in [0.5, 0.6) is 0 Å². The molecular formula is C20H24N4O5S. The summed E-state index contributed by atoms with van der Waals surface area (Å²) in [5, 5.41) is 9.26. The van der Waals surface area contributed by atoms with Gasteiger partial charge in [-0.1, -0.05) is 23.8 Å². The first-order valence-corrected chi connectivity index (χ1v) is 10.7. The Balaban J connectivity index is 1.74. The Labute approximate surface area is 176 Å². The molecule has 9 nitrogen and oxygen atoms in total. The molecule has 1 saturated heterocycles. The monoisotopic (exact) mass is 432 g/mol. The van der Waals surface area contributed by atoms with Crippen LogP contribution >= 0.6 is 0 Å². The van der Waals surface area contributed by atoms with Crippen LogP contribution in [0.15, 0.2) is 63.8 Å². The molecule has 160 valence electrons. The summed E-state index contributed by atoms with van der Waals surface area (Å²) in [5.41, 5.74) is 1.46. The summed E-state index contributed by atoms with van der Waals surface area (Å²) >= 11 is 0. The van der Waals surface area contributed by atoms with Crippen molar-refractivity contribution in [1.29, 1.82) is 0 Å². The number of hydrazone groups is 2. The van der Waals surface area contributed by atoms with Crippen LogP contribution in [0.2, 0.25) is 0 Å². The maximum absolute atomic E-state index is 12.5. The lowest BCUT2D eigenvalue weighted by atomic mass is 10.1. The first-order chi connectivity index (χ1) is 14.4. The van der Waals surface area contributed by atoms with Crippen molar-refractivity contribution in [2.45, 2.75) is 30.6 Å². The van der Waals surface area contributed by atoms with Gasteiger partial charge in [0.05, 0.1) is 18.1 Å². The standard InChI is InChI=1S/C20H24N4O5S/c1-4-23-24(21-3)15-20(19-7-5-6-12-22-19)27-13-17(29-20)14-28-30(25,26)18-10-8-16(2)9-11-18/h4-12,17H,3,13-15H2,1-2H3/b23-4-/t17-,20+/m1/s1. The van der Waals surface area contributed by atoms with E-state index in [0.29, 0.717) is 5.69 Å². The summed E-state index contributed by atoms with van der Waals surface area (Å²) in [6.07, 6.45) is 2.54. The molecule has 0 amide bonds. The summed E-state index contributed by atoms with van der Waals surface area (Å²) in [6, 6.07) is 11.8. The van der Waals surface area contributed by atoms with E-state index in [0.717, 1.165) is 5.56 Å². The van der Waals surface area contributed by atoms with Crippen LogP contribution in [0.3, 0.4) is 0 Å². The summed E-state index contributed by atoms with van der Waals surface area (Å²) in [5.74, 6) is -1.30. The minimum atomic E-state index is -3.92. The fraction of sp³-hybridized carbons (Fsp3) is 0.350. The van der Waals surface area contributed by atoms with Crippen LogP contribution in [0.4, 0.5) is 0 Å². The Morgan fingerprint density at radius 2 is 2.10 bits per heavy atom. The quantitative estimate of drug-likeness (QED) is 0.340. The van der Waals surface area contributed by atoms with Crippen molar-refractivity contribution in [2.75, 3.05) is 19.8 Å². The minimum absolute atomic E-state index is 0.0824. The van der Waals surface area contributed by atoms with Crippen molar-refractivity contribution in [1.82, 2.24) is 10.1 Å². The van der Waals surface area contributed by atoms with Gasteiger partial charge in [-0.05, 0) is 38.1 Å². The number of aromatic nitrogens is 1. The fourth-order valence-electron chi connectivity index (χ4n) is 2.92. The highest BCUT2D eigenvalue weighted by Gasteiger charge is 2.46. The lowest BCUT2D eigenvalue weighted by Crippen LogP contribution is -2.39. The Bertz CT molecular complexity index is 982. The number of hydrogen-bond donors (Lipinski definition) is 0. The number of aryl methyl sites for hydroxylation is 1. The number of nitrogens with zero attached hydrogens (tertiary/aromatic N) is 4. The molecule has 2 heterocycles. The van der Waals surface area contributed by atoms with Gasteiger partial charge in [0.15, 0.2) is 0 Å². The van der Waals surface area contributed by atoms with E-state index >= 15 is 0 Å². The maximum Gasteiger partial charge on any atom is 0.297 e. The molecule has 0 bridgehead atoms. The Morgan fingerprint density at radius 1 is 1.33 bits per heavy atom. The fourth-order valence-corrected chi connectivity index (χ4v) is 3.85. The molecule has 0 saturated carbocycles. The van der Waals surface area contributed by atoms with Crippen molar-refractivity contribution in [3.8, 4) is 0 Å². The molecule has 0 unspecified atom stereocenters. The highest BCUT2D eigenvalue weighted by Crippen LogP contribution is 2.34. The maximum atomic E-state index is 12.5. The number of rotatable bonds is 9. The molecule has 0 spiro atoms. The van der Waals surface area contributed by atoms with Crippen molar-refractivity contribution in [3.05, 3.63) is 59.9 Å². The number of pyridine rings is 1. The Hall–Kier alpha value is -2.66. The van der Waals surface area contributed by atoms with E-state index in [1.807, 2.05) is 6.92 Å². The smallest absolute Gasteiger partial charge is 0.297 e. The SMILES string of the molecule is C=NN(C[C@]1(c2ccccn2)OC[C@H](COS(=O)(=O)c2ccc(C)cc2)O1)/N=C\C. The predicted octanol–water partition coefficient (Wildman–Crippen LogP) is 2.29. The summed E-state index contributed by atoms with van der Waals surface area (Å²) in [6.45, 7) is 7.11. The molecule has 0 aliphatic carbocycles. The van der Waals surface area contributed by atoms with Gasteiger partial charge in [-0.2, -0.15) is 23.7 Å². The molecule has 1 aromatic heterocycles. The second-order valence-electron chi connectivity index (χ2n) is 6.62. The normalized spacial score (nSPS) is 21.7. The number of ether oxygens (including phenoxy) is 2. The van der Waals surface area contributed by atoms with Crippen LogP contribution in [0.1, 0.15) is 18.2 Å². The van der Waals surface area contributed by atoms with E-state index in [1.54, 1.807) is 49.7 Å². The third-order valence-corrected chi connectivity index (χ3v) is 5.69. The van der Waals surface area contributed by atoms with Gasteiger partial charge in [-0.3, -0.25) is 9.17 Å². The molecule has 2 aromatic rings. The molecule has 1 aliphatic rings. The molecule has 2 atom stereocenters. The second-order valence-corrected chi connectivity index (χ2v) is 8.23. The van der Waals surface area contributed by atoms with Gasteiger partial charge in [0, 0.05) is 19.1 Å². The van der Waals surface area contributed by atoms with Crippen molar-refractivity contribution >= 4 is 23.1 Å². The lowest BCUT2D eigenvalue weighted by Gasteiger charge is -2.29. The summed E-state index contributed by atoms with van der Waals surface area (Å²) in [7, 11) is -3.92. The average Bonchev–Trinajstić information content (AvgIpc) is 3.17. The number of benzene rings is 1. The van der Waals surface area contributed by atoms with E-state index < -0.39 is 22.0 Å². The third kappa shape index (κ3) is 5.08. The molecule has 1 fully saturated rings. The number of hydrogen-bond acceptors (Lipinski definition) is 9. The van der Waals surface area contributed by atoms with Gasteiger partial charge in [-0.15, -0.1) is 0 Å². The van der Waals surface area contributed by atoms with Crippen LogP contribution in [-0.4, -0.2) is 57.3 Å². The van der Waals surface area contributed by atoms with Gasteiger partial charge in [0.2, 0.25) is 5.79 Å². The largest absolute Gasteiger partial charge is 0.340 e. The molecule has 1 aliphatic heterocycles. The van der Waals surface area contributed by atoms with Gasteiger partial charge < -0.3 is 9.47 Å². The molecule has 3 rings (SSSR count). The Morgan fingerprint density at radius 3 is 2.73 bits per heavy atom. The van der Waals surface area contributed by atoms with E-state index in [4.69, 9.17) is 13.7 Å². The van der Waals surface area contributed by atoms with Crippen molar-refractivity contribution in [3.63, 3.8) is 0 Å². The highest BCUT2D eigenvalue weighted by molar-refractivity contribution is 7.86. The zero-order valence-electron chi connectivity index (χ0n) is 16.8. The van der Waals surface area contributed by atoms with Crippen molar-refractivity contribution < 1.29 is 22.1 Å². The van der Waals surface area contributed by atoms with Crippen LogP contribution in [0.25, 0.3) is 0 Å². The van der Waals surface area contributed by atoms with E-state index in [2.05, 4.69) is 21.9 Å². The van der Waals surface area contributed by atoms with Crippen LogP contribution < -0.4 is 0 Å². The molecule has 1 aromatic carbocycles. The average molecular weight is 433 g/mol. The minimum Gasteiger partial charge on any atom is -0.340 e. The van der Waals surface area contributed by atoms with Crippen LogP contribution in [0, 0.1) is 6.92 Å². The zero-order chi connectivity index (χ0) is 21.6. The summed E-state index contributed by atoms with van der Waals surface area (Å²) in [4.78, 5) is 4.42. The highest BCUT2D eigenvalue weighted by atomic mass is 32.2. The lowest BCUT2D eigenvalue weighted by molar-refractivity contribution is -0.194. The van der Waals surface area contributed by atoms with E-state index in [-0.39, 0.29) is 24.7 Å². The van der Waals surface area contributed by atoms with E-state index in [9.17, 15) is 8.42 Å². The molecular weight excluding hydrogens is 408 g/mol. The molecule has 0 N–H and O–H groups in total.